The van der Waals surface area contributed by atoms with Crippen LogP contribution in [0.4, 0.5) is 0 Å². The number of hydrogen-bond donors (Lipinski definition) is 0. The van der Waals surface area contributed by atoms with Crippen molar-refractivity contribution in [3.05, 3.63) is 0 Å². The van der Waals surface area contributed by atoms with Crippen LogP contribution in [-0.4, -0.2) is 49.0 Å². The largest absolute Gasteiger partial charge is 5.00 e. The van der Waals surface area contributed by atoms with Gasteiger partial charge in [-0.05, 0) is 11.8 Å². The van der Waals surface area contributed by atoms with Gasteiger partial charge in [-0.2, -0.15) is 0 Å². The minimum atomic E-state index is -1.50. The van der Waals surface area contributed by atoms with Gasteiger partial charge >= 0.3 is 79.2 Å². The van der Waals surface area contributed by atoms with Crippen LogP contribution in [0, 0.1) is 0 Å². The molecule has 0 atom stereocenters. The van der Waals surface area contributed by atoms with Crippen molar-refractivity contribution in [1.82, 2.24) is 0 Å². The molecule has 0 N–H and O–H groups in total. The molecule has 0 radical (unpaired) electrons. The molecule has 0 fully saturated rings. The molecule has 0 aromatic carbocycles. The molecule has 0 amide bonds. The van der Waals surface area contributed by atoms with Crippen molar-refractivity contribution in [3.63, 3.8) is 0 Å². The van der Waals surface area contributed by atoms with Gasteiger partial charge in [0.05, 0.1) is 25.6 Å². The van der Waals surface area contributed by atoms with Gasteiger partial charge in [-0.1, -0.05) is 5.90 Å². The topological polar surface area (TPSA) is 175 Å². The second kappa shape index (κ2) is 20.8. The fourth-order valence-electron chi connectivity index (χ4n) is 0.610. The van der Waals surface area contributed by atoms with Crippen molar-refractivity contribution in [1.29, 1.82) is 0 Å². The number of carboxylic acids is 1. The van der Waals surface area contributed by atoms with Gasteiger partial charge < -0.3 is 48.3 Å². The van der Waals surface area contributed by atoms with Crippen molar-refractivity contribution in [2.45, 2.75) is 0 Å². The predicted octanol–water partition coefficient (Wildman–Crippen LogP) is -11.6. The Morgan fingerprint density at radius 3 is 1.48 bits per heavy atom. The maximum atomic E-state index is 10.9. The van der Waals surface area contributed by atoms with E-state index in [4.69, 9.17) is 0 Å². The molecule has 9 nitrogen and oxygen atoms in total. The van der Waals surface area contributed by atoms with E-state index in [1.807, 2.05) is 0 Å². The Bertz CT molecular complexity index is 370. The van der Waals surface area contributed by atoms with Crippen molar-refractivity contribution >= 4 is 36.3 Å². The van der Waals surface area contributed by atoms with Crippen molar-refractivity contribution < 1.29 is 110 Å². The van der Waals surface area contributed by atoms with E-state index in [0.29, 0.717) is 0 Å². The Kier molecular flexibility index (Phi) is 33.2. The number of aliphatic carboxylic acids is 1. The van der Waals surface area contributed by atoms with E-state index in [2.05, 4.69) is 27.6 Å². The average Bonchev–Trinajstić information content (AvgIpc) is 2.30. The first kappa shape index (κ1) is 33.4. The summed E-state index contributed by atoms with van der Waals surface area (Å²) in [7, 11) is 0. The Labute approximate surface area is 184 Å². The Morgan fingerprint density at radius 2 is 1.14 bits per heavy atom. The molecule has 0 saturated carbocycles. The van der Waals surface area contributed by atoms with Crippen LogP contribution < -0.4 is 79.5 Å². The van der Waals surface area contributed by atoms with Crippen molar-refractivity contribution in [2.75, 3.05) is 25.4 Å². The summed E-state index contributed by atoms with van der Waals surface area (Å²) >= 11 is 4.38. The van der Waals surface area contributed by atoms with E-state index >= 15 is 0 Å². The zero-order valence-electron chi connectivity index (χ0n) is 11.4. The predicted molar refractivity (Wildman–Crippen MR) is 54.8 cm³/mol. The molecule has 0 rings (SSSR count). The summed E-state index contributed by atoms with van der Waals surface area (Å²) < 4.78 is 0. The summed E-state index contributed by atoms with van der Waals surface area (Å²) in [6.45, 7) is -1.84. The molecule has 0 spiro atoms. The van der Waals surface area contributed by atoms with Crippen molar-refractivity contribution in [3.8, 4) is 0 Å². The van der Waals surface area contributed by atoms with Crippen molar-refractivity contribution in [2.24, 2.45) is 15.0 Å². The van der Waals surface area contributed by atoms with Gasteiger partial charge in [0.2, 0.25) is 0 Å². The number of carbonyl (C=O) groups excluding carboxylic acids is 1. The molecule has 0 aliphatic heterocycles. The number of carboxylic acid groups (broad SMARTS) is 1. The molecule has 106 valence electrons. The van der Waals surface area contributed by atoms with Gasteiger partial charge in [0.15, 0.2) is 0 Å². The minimum Gasteiger partial charge on any atom is -2.00 e. The molecular formula is C8H8N3Na2O6STc. The first-order valence-electron chi connectivity index (χ1n) is 4.34. The monoisotopic (exact) mass is 417 g/mol. The number of rotatable bonds is 7. The molecule has 0 bridgehead atoms. The standard InChI is InChI=1S/C8H13N3O5S.2Na.O.Tc/c12-5(2-10-7(14)4-17)9-1-6(13)11-3-8(15)16;;;;/h17H,1-4H2,(H,9,12)(H,10,14)(H,11,13)(H,15,16);;;;/q;2*+1;-2;+5/p-5. The quantitative estimate of drug-likeness (QED) is 0.172. The van der Waals surface area contributed by atoms with Gasteiger partial charge in [0, 0.05) is 0 Å². The van der Waals surface area contributed by atoms with E-state index in [1.165, 1.54) is 0 Å². The third-order valence-corrected chi connectivity index (χ3v) is 1.54. The normalized spacial score (nSPS) is 11.2. The van der Waals surface area contributed by atoms with E-state index in [9.17, 15) is 25.2 Å². The molecule has 0 aromatic rings. The second-order valence-electron chi connectivity index (χ2n) is 2.65. The number of hydrogen-bond acceptors (Lipinski definition) is 9. The summed E-state index contributed by atoms with van der Waals surface area (Å²) in [5.74, 6) is -3.99. The number of nitrogens with zero attached hydrogens (tertiary/aromatic N) is 3. The molecule has 0 aromatic heterocycles. The fourth-order valence-corrected chi connectivity index (χ4v) is 0.701. The van der Waals surface area contributed by atoms with Crippen LogP contribution in [0.1, 0.15) is 0 Å². The van der Waals surface area contributed by atoms with E-state index < -0.39 is 43.3 Å². The van der Waals surface area contributed by atoms with Gasteiger partial charge in [-0.3, -0.25) is 9.98 Å². The Hall–Kier alpha value is 0.839. The average molecular weight is 418 g/mol. The summed E-state index contributed by atoms with van der Waals surface area (Å²) in [5, 5.41) is 42.3. The van der Waals surface area contributed by atoms with E-state index in [-0.39, 0.29) is 90.4 Å². The Morgan fingerprint density at radius 1 is 0.810 bits per heavy atom. The maximum absolute atomic E-state index is 10.9. The maximum Gasteiger partial charge on any atom is 5.00 e. The van der Waals surface area contributed by atoms with E-state index in [0.717, 1.165) is 0 Å². The van der Waals surface area contributed by atoms with Crippen LogP contribution in [0.2, 0.25) is 0 Å². The summed E-state index contributed by atoms with van der Waals surface area (Å²) in [6.07, 6.45) is 0. The molecular weight excluding hydrogens is 410 g/mol. The Balaban J connectivity index is -0.000000213. The third kappa shape index (κ3) is 23.2. The van der Waals surface area contributed by atoms with Crippen LogP contribution in [0.3, 0.4) is 0 Å². The molecule has 21 heavy (non-hydrogen) atoms. The van der Waals surface area contributed by atoms with E-state index in [1.54, 1.807) is 0 Å². The first-order chi connectivity index (χ1) is 7.95. The third-order valence-electron chi connectivity index (χ3n) is 1.29. The van der Waals surface area contributed by atoms with Gasteiger partial charge in [0.1, 0.15) is 0 Å². The minimum absolute atomic E-state index is 0. The number of aliphatic imine (C=N–C) groups is 3. The van der Waals surface area contributed by atoms with Gasteiger partial charge in [-0.15, -0.1) is 5.75 Å². The van der Waals surface area contributed by atoms with Crippen LogP contribution in [-0.2, 0) is 43.0 Å². The molecule has 0 aliphatic carbocycles. The van der Waals surface area contributed by atoms with Gasteiger partial charge in [-0.25, -0.2) is 0 Å². The SMILES string of the molecule is O=C([O-])CN=C([O-])CN=C([O-])CN=C([O-])C[S-].[Na+].[Na+].[O-2].[Tc+5]. The summed E-state index contributed by atoms with van der Waals surface area (Å²) in [5.41, 5.74) is 0. The zero-order valence-corrected chi connectivity index (χ0v) is 18.1. The number of carbonyl (C=O) groups is 1. The molecule has 0 unspecified atom stereocenters. The molecule has 0 heterocycles. The van der Waals surface area contributed by atoms with Crippen LogP contribution in [0.25, 0.3) is 0 Å². The first-order valence-corrected chi connectivity index (χ1v) is 4.92. The second-order valence-corrected chi connectivity index (χ2v) is 2.93. The summed E-state index contributed by atoms with van der Waals surface area (Å²) in [4.78, 5) is 19.5. The van der Waals surface area contributed by atoms with Crippen LogP contribution in [0.15, 0.2) is 15.0 Å². The summed E-state index contributed by atoms with van der Waals surface area (Å²) in [6, 6.07) is 0. The van der Waals surface area contributed by atoms with Crippen LogP contribution in [0.5, 0.6) is 0 Å². The van der Waals surface area contributed by atoms with Crippen LogP contribution >= 0.6 is 0 Å². The molecule has 0 aliphatic rings. The molecule has 13 heteroatoms. The smallest absolute Gasteiger partial charge is 2.00 e. The zero-order chi connectivity index (χ0) is 13.3. The fraction of sp³-hybridized carbons (Fsp3) is 0.500. The van der Waals surface area contributed by atoms with Gasteiger partial charge in [0.25, 0.3) is 0 Å². The molecule has 0 saturated heterocycles.